The zero-order valence-corrected chi connectivity index (χ0v) is 32.1. The van der Waals surface area contributed by atoms with Crippen LogP contribution in [0.5, 0.6) is 0 Å². The van der Waals surface area contributed by atoms with Crippen molar-refractivity contribution in [2.24, 2.45) is 0 Å². The largest absolute Gasteiger partial charge is 0.365 e. The van der Waals surface area contributed by atoms with E-state index < -0.39 is 23.7 Å². The number of imidazole rings is 1. The van der Waals surface area contributed by atoms with Crippen molar-refractivity contribution in [3.63, 3.8) is 0 Å². The van der Waals surface area contributed by atoms with Gasteiger partial charge >= 0.3 is 0 Å². The molecule has 17 heteroatoms. The van der Waals surface area contributed by atoms with Gasteiger partial charge in [0.15, 0.2) is 11.5 Å². The third kappa shape index (κ3) is 5.41. The van der Waals surface area contributed by atoms with Gasteiger partial charge in [0.1, 0.15) is 46.7 Å². The highest BCUT2D eigenvalue weighted by Gasteiger charge is 2.54. The number of aromatic nitrogens is 8. The number of likely N-dealkylation sites (N-methyl/N-ethyl adjacent to an activating group) is 1. The van der Waals surface area contributed by atoms with Crippen molar-refractivity contribution in [1.29, 1.82) is 0 Å². The van der Waals surface area contributed by atoms with E-state index in [2.05, 4.69) is 15.0 Å². The van der Waals surface area contributed by atoms with Crippen LogP contribution in [0.25, 0.3) is 39.1 Å². The molecule has 5 fully saturated rings. The number of rotatable bonds is 4. The molecule has 1 saturated carbocycles. The number of nitrogens with one attached hydrogen (secondary N) is 1. The van der Waals surface area contributed by atoms with Gasteiger partial charge in [0, 0.05) is 57.6 Å². The number of anilines is 3. The molecule has 296 valence electrons. The number of halogens is 2. The van der Waals surface area contributed by atoms with Crippen LogP contribution in [0.4, 0.5) is 26.4 Å². The third-order valence-electron chi connectivity index (χ3n) is 12.8. The first-order valence-electron chi connectivity index (χ1n) is 20.1. The van der Waals surface area contributed by atoms with Crippen molar-refractivity contribution >= 4 is 51.5 Å². The fraction of sp³-hybridized carbons (Fsp3) is 0.415. The molecule has 6 bridgehead atoms. The van der Waals surface area contributed by atoms with Gasteiger partial charge in [0.25, 0.3) is 0 Å². The molecule has 4 saturated heterocycles. The van der Waals surface area contributed by atoms with Gasteiger partial charge in [-0.2, -0.15) is 15.1 Å². The fourth-order valence-electron chi connectivity index (χ4n) is 9.62. The average molecular weight is 786 g/mol. The quantitative estimate of drug-likeness (QED) is 0.270. The molecule has 4 atom stereocenters. The van der Waals surface area contributed by atoms with Crippen molar-refractivity contribution in [3.8, 4) is 17.1 Å². The van der Waals surface area contributed by atoms with E-state index in [-0.39, 0.29) is 35.6 Å². The minimum Gasteiger partial charge on any atom is -0.365 e. The second-order valence-corrected chi connectivity index (χ2v) is 16.2. The van der Waals surface area contributed by atoms with Crippen molar-refractivity contribution in [2.75, 3.05) is 41.8 Å². The SMILES string of the molecule is Cc1nc2ccnc3c2n1CCCN(C)C(=O)C1CC(CN1c1nc(N2C4CC2C(=O)N(C2CCC2)C4)nc2c1cnn2-c1ccc(F)cc1F)Nc1cccc-3n1. The monoisotopic (exact) mass is 785 g/mol. The lowest BCUT2D eigenvalue weighted by atomic mass is 9.82. The summed E-state index contributed by atoms with van der Waals surface area (Å²) >= 11 is 0. The van der Waals surface area contributed by atoms with Gasteiger partial charge in [-0.25, -0.2) is 23.4 Å². The molecule has 6 aromatic rings. The molecule has 10 heterocycles. The second kappa shape index (κ2) is 13.1. The Morgan fingerprint density at radius 2 is 1.74 bits per heavy atom. The number of nitrogens with zero attached hydrogens (tertiary/aromatic N) is 12. The lowest BCUT2D eigenvalue weighted by Crippen LogP contribution is -2.73. The van der Waals surface area contributed by atoms with Gasteiger partial charge in [-0.05, 0) is 75.8 Å². The molecule has 4 unspecified atom stereocenters. The van der Waals surface area contributed by atoms with E-state index in [0.29, 0.717) is 79.8 Å². The van der Waals surface area contributed by atoms with Crippen LogP contribution < -0.4 is 15.1 Å². The normalized spacial score (nSPS) is 23.5. The van der Waals surface area contributed by atoms with Crippen LogP contribution in [0.1, 0.15) is 44.3 Å². The summed E-state index contributed by atoms with van der Waals surface area (Å²) in [5, 5.41) is 8.67. The summed E-state index contributed by atoms with van der Waals surface area (Å²) in [6.07, 6.45) is 8.30. The van der Waals surface area contributed by atoms with E-state index in [1.165, 1.54) is 16.8 Å². The average Bonchev–Trinajstić information content (AvgIpc) is 3.89. The van der Waals surface area contributed by atoms with E-state index in [1.54, 1.807) is 17.3 Å². The minimum atomic E-state index is -0.800. The minimum absolute atomic E-state index is 0.0148. The van der Waals surface area contributed by atoms with Crippen LogP contribution in [-0.4, -0.2) is 118 Å². The van der Waals surface area contributed by atoms with Gasteiger partial charge in [0.05, 0.1) is 34.4 Å². The van der Waals surface area contributed by atoms with Crippen molar-refractivity contribution in [1.82, 2.24) is 49.1 Å². The predicted molar refractivity (Wildman–Crippen MR) is 212 cm³/mol. The lowest BCUT2D eigenvalue weighted by Gasteiger charge is -2.57. The summed E-state index contributed by atoms with van der Waals surface area (Å²) in [5.41, 5.74) is 3.51. The number of carbonyl (C=O) groups excluding carboxylic acids is 2. The molecule has 12 rings (SSSR count). The highest BCUT2D eigenvalue weighted by Crippen LogP contribution is 2.42. The molecule has 5 aliphatic heterocycles. The highest BCUT2D eigenvalue weighted by molar-refractivity contribution is 5.95. The van der Waals surface area contributed by atoms with Crippen LogP contribution >= 0.6 is 0 Å². The van der Waals surface area contributed by atoms with E-state index in [4.69, 9.17) is 24.9 Å². The summed E-state index contributed by atoms with van der Waals surface area (Å²) in [4.78, 5) is 61.0. The van der Waals surface area contributed by atoms with Crippen molar-refractivity contribution < 1.29 is 18.4 Å². The Kier molecular flexibility index (Phi) is 7.92. The summed E-state index contributed by atoms with van der Waals surface area (Å²) in [7, 11) is 1.83. The fourth-order valence-corrected chi connectivity index (χ4v) is 9.62. The number of pyridine rings is 2. The molecule has 2 amide bonds. The lowest BCUT2D eigenvalue weighted by molar-refractivity contribution is -0.145. The van der Waals surface area contributed by atoms with Gasteiger partial charge in [-0.3, -0.25) is 14.6 Å². The predicted octanol–water partition coefficient (Wildman–Crippen LogP) is 4.47. The Bertz CT molecular complexity index is 2660. The summed E-state index contributed by atoms with van der Waals surface area (Å²) in [6.45, 7) is 4.05. The first kappa shape index (κ1) is 34.9. The molecule has 15 nitrogen and oxygen atoms in total. The summed E-state index contributed by atoms with van der Waals surface area (Å²) in [6, 6.07) is 10.0. The number of fused-ring (bicyclic) bond motifs is 8. The molecular weight excluding hydrogens is 745 g/mol. The molecule has 1 aromatic carbocycles. The Morgan fingerprint density at radius 3 is 2.55 bits per heavy atom. The Labute approximate surface area is 331 Å². The van der Waals surface area contributed by atoms with E-state index >= 15 is 4.39 Å². The molecule has 6 aliphatic rings. The first-order valence-corrected chi connectivity index (χ1v) is 20.1. The van der Waals surface area contributed by atoms with Gasteiger partial charge < -0.3 is 29.5 Å². The third-order valence-corrected chi connectivity index (χ3v) is 12.8. The Morgan fingerprint density at radius 1 is 0.862 bits per heavy atom. The maximum Gasteiger partial charge on any atom is 0.245 e. The Hall–Kier alpha value is -6.26. The van der Waals surface area contributed by atoms with Gasteiger partial charge in [-0.15, -0.1) is 0 Å². The first-order chi connectivity index (χ1) is 28.2. The maximum atomic E-state index is 15.4. The van der Waals surface area contributed by atoms with E-state index in [9.17, 15) is 14.0 Å². The Balaban J connectivity index is 1.01. The number of hydrogen-bond donors (Lipinski definition) is 1. The number of benzene rings is 1. The maximum absolute atomic E-state index is 15.4. The zero-order chi connectivity index (χ0) is 39.4. The summed E-state index contributed by atoms with van der Waals surface area (Å²) < 4.78 is 33.0. The van der Waals surface area contributed by atoms with Gasteiger partial charge in [0.2, 0.25) is 17.8 Å². The zero-order valence-electron chi connectivity index (χ0n) is 32.1. The standard InChI is InChI=1S/C41H41F2N13O2/c1-22-46-30-12-13-44-35-29-8-4-9-34(48-29)47-24-17-32(39(57)51(2)14-5-15-52(22)36(30)35)54(20-24)37-27-19-45-56(31-11-10-23(42)16-28(31)43)38(27)50-41(49-37)55-26-18-33(55)40(58)53(21-26)25-6-3-7-25/h4,8-13,16,19,24-26,32-33H,3,5-7,14-15,17-18,20-21H2,1-2H3,(H,47,48). The summed E-state index contributed by atoms with van der Waals surface area (Å²) in [5.74, 6) is 0.748. The highest BCUT2D eigenvalue weighted by atomic mass is 19.1. The van der Waals surface area contributed by atoms with Crippen LogP contribution in [0.3, 0.4) is 0 Å². The molecular formula is C41H41F2N13O2. The number of carbonyl (C=O) groups is 2. The van der Waals surface area contributed by atoms with Crippen LogP contribution in [0, 0.1) is 18.6 Å². The van der Waals surface area contributed by atoms with Gasteiger partial charge in [-0.1, -0.05) is 6.07 Å². The molecule has 0 spiro atoms. The number of piperazine rings is 1. The van der Waals surface area contributed by atoms with Crippen LogP contribution in [0.15, 0.2) is 54.9 Å². The number of piperidine rings is 1. The van der Waals surface area contributed by atoms with Crippen molar-refractivity contribution in [2.45, 2.75) is 82.2 Å². The van der Waals surface area contributed by atoms with Crippen LogP contribution in [-0.2, 0) is 16.1 Å². The van der Waals surface area contributed by atoms with E-state index in [1.807, 2.05) is 52.9 Å². The molecule has 1 aliphatic carbocycles. The van der Waals surface area contributed by atoms with E-state index in [0.717, 1.165) is 47.9 Å². The number of aryl methyl sites for hydroxylation is 2. The molecule has 5 aromatic heterocycles. The second-order valence-electron chi connectivity index (χ2n) is 16.2. The van der Waals surface area contributed by atoms with Crippen molar-refractivity contribution in [3.05, 3.63) is 72.3 Å². The smallest absolute Gasteiger partial charge is 0.245 e. The molecule has 1 N–H and O–H groups in total. The number of amides is 2. The molecule has 58 heavy (non-hydrogen) atoms. The number of hydrogen-bond acceptors (Lipinski definition) is 11. The van der Waals surface area contributed by atoms with Crippen LogP contribution in [0.2, 0.25) is 0 Å². The topological polar surface area (TPSA) is 146 Å². The molecule has 0 radical (unpaired) electrons.